The summed E-state index contributed by atoms with van der Waals surface area (Å²) in [6.07, 6.45) is -0.245. The van der Waals surface area contributed by atoms with Crippen LogP contribution in [0.1, 0.15) is 28.8 Å². The first-order chi connectivity index (χ1) is 13.8. The molecule has 0 aromatic heterocycles. The molecule has 3 amide bonds. The Morgan fingerprint density at radius 3 is 2.34 bits per heavy atom. The number of amides is 3. The predicted octanol–water partition coefficient (Wildman–Crippen LogP) is 2.48. The van der Waals surface area contributed by atoms with Gasteiger partial charge in [0.15, 0.2) is 6.61 Å². The largest absolute Gasteiger partial charge is 0.455 e. The van der Waals surface area contributed by atoms with Gasteiger partial charge in [-0.3, -0.25) is 30.0 Å². The normalized spacial score (nSPS) is 10.0. The summed E-state index contributed by atoms with van der Waals surface area (Å²) in [6, 6.07) is 13.8. The average Bonchev–Trinajstić information content (AvgIpc) is 2.69. The molecule has 0 atom stereocenters. The van der Waals surface area contributed by atoms with Crippen LogP contribution in [0.25, 0.3) is 0 Å². The predicted molar refractivity (Wildman–Crippen MR) is 110 cm³/mol. The molecule has 29 heavy (non-hydrogen) atoms. The topological polar surface area (TPSA) is 114 Å². The van der Waals surface area contributed by atoms with E-state index >= 15 is 0 Å². The van der Waals surface area contributed by atoms with Gasteiger partial charge < -0.3 is 10.1 Å². The highest BCUT2D eigenvalue weighted by Gasteiger charge is 2.12. The molecule has 0 saturated heterocycles. The van der Waals surface area contributed by atoms with Gasteiger partial charge in [-0.15, -0.1) is 0 Å². The highest BCUT2D eigenvalue weighted by atomic mass is 79.9. The number of rotatable bonds is 7. The van der Waals surface area contributed by atoms with Crippen LogP contribution in [0.3, 0.4) is 0 Å². The van der Waals surface area contributed by atoms with Gasteiger partial charge in [-0.25, -0.2) is 0 Å². The van der Waals surface area contributed by atoms with Gasteiger partial charge in [-0.05, 0) is 48.9 Å². The van der Waals surface area contributed by atoms with Gasteiger partial charge >= 0.3 is 5.97 Å². The van der Waals surface area contributed by atoms with Crippen LogP contribution >= 0.6 is 15.9 Å². The van der Waals surface area contributed by atoms with E-state index in [1.165, 1.54) is 0 Å². The van der Waals surface area contributed by atoms with Crippen LogP contribution in [0.4, 0.5) is 5.69 Å². The molecule has 0 heterocycles. The summed E-state index contributed by atoms with van der Waals surface area (Å²) in [4.78, 5) is 47.0. The Morgan fingerprint density at radius 2 is 1.66 bits per heavy atom. The molecule has 9 heteroatoms. The summed E-state index contributed by atoms with van der Waals surface area (Å²) in [7, 11) is 0. The van der Waals surface area contributed by atoms with E-state index in [4.69, 9.17) is 4.74 Å². The fourth-order valence-corrected chi connectivity index (χ4v) is 2.48. The average molecular weight is 462 g/mol. The molecule has 152 valence electrons. The standard InChI is InChI=1S/C20H20BrN3O5/c1-13-3-2-4-16(11-13)22-17(25)9-10-19(27)29-12-18(26)23-24-20(28)14-5-7-15(21)8-6-14/h2-8,11H,9-10,12H2,1H3,(H,22,25)(H,23,26)(H,24,28). The maximum absolute atomic E-state index is 11.9. The van der Waals surface area contributed by atoms with Crippen molar-refractivity contribution in [1.29, 1.82) is 0 Å². The molecular weight excluding hydrogens is 442 g/mol. The Labute approximate surface area is 176 Å². The van der Waals surface area contributed by atoms with Crippen LogP contribution in [-0.2, 0) is 19.1 Å². The lowest BCUT2D eigenvalue weighted by Crippen LogP contribution is -2.43. The number of carbonyl (C=O) groups is 4. The molecule has 3 N–H and O–H groups in total. The number of halogens is 1. The Kier molecular flexibility index (Phi) is 8.35. The van der Waals surface area contributed by atoms with Crippen molar-refractivity contribution in [2.75, 3.05) is 11.9 Å². The maximum atomic E-state index is 11.9. The number of hydrogen-bond donors (Lipinski definition) is 3. The summed E-state index contributed by atoms with van der Waals surface area (Å²) in [5.74, 6) is -2.24. The smallest absolute Gasteiger partial charge is 0.306 e. The Morgan fingerprint density at radius 1 is 0.931 bits per heavy atom. The van der Waals surface area contributed by atoms with E-state index in [0.29, 0.717) is 11.3 Å². The number of anilines is 1. The molecule has 0 spiro atoms. The minimum absolute atomic E-state index is 0.0747. The Bertz CT molecular complexity index is 899. The lowest BCUT2D eigenvalue weighted by atomic mass is 10.2. The second kappa shape index (κ2) is 11.0. The fraction of sp³-hybridized carbons (Fsp3) is 0.200. The molecule has 0 saturated carbocycles. The van der Waals surface area contributed by atoms with E-state index in [0.717, 1.165) is 10.0 Å². The van der Waals surface area contributed by atoms with E-state index in [1.54, 1.807) is 30.3 Å². The third-order valence-electron chi connectivity index (χ3n) is 3.64. The lowest BCUT2D eigenvalue weighted by Gasteiger charge is -2.08. The minimum Gasteiger partial charge on any atom is -0.455 e. The van der Waals surface area contributed by atoms with Gasteiger partial charge in [0.05, 0.1) is 6.42 Å². The van der Waals surface area contributed by atoms with Crippen LogP contribution < -0.4 is 16.2 Å². The molecule has 0 fully saturated rings. The number of benzene rings is 2. The van der Waals surface area contributed by atoms with Gasteiger partial charge in [-0.2, -0.15) is 0 Å². The number of carbonyl (C=O) groups excluding carboxylic acids is 4. The monoisotopic (exact) mass is 461 g/mol. The van der Waals surface area contributed by atoms with E-state index in [9.17, 15) is 19.2 Å². The van der Waals surface area contributed by atoms with Gasteiger partial charge in [0.1, 0.15) is 0 Å². The first-order valence-electron chi connectivity index (χ1n) is 8.70. The highest BCUT2D eigenvalue weighted by molar-refractivity contribution is 9.10. The molecule has 8 nitrogen and oxygen atoms in total. The summed E-state index contributed by atoms with van der Waals surface area (Å²) in [5.41, 5.74) is 6.36. The van der Waals surface area contributed by atoms with Crippen molar-refractivity contribution in [3.05, 3.63) is 64.1 Å². The summed E-state index contributed by atoms with van der Waals surface area (Å²) in [6.45, 7) is 1.33. The number of hydrogen-bond acceptors (Lipinski definition) is 5. The van der Waals surface area contributed by atoms with Gasteiger partial charge in [0.2, 0.25) is 5.91 Å². The number of nitrogens with one attached hydrogen (secondary N) is 3. The highest BCUT2D eigenvalue weighted by Crippen LogP contribution is 2.11. The van der Waals surface area contributed by atoms with Crippen LogP contribution in [0.5, 0.6) is 0 Å². The van der Waals surface area contributed by atoms with Crippen molar-refractivity contribution < 1.29 is 23.9 Å². The second-order valence-electron chi connectivity index (χ2n) is 6.09. The zero-order chi connectivity index (χ0) is 21.2. The molecular formula is C20H20BrN3O5. The van der Waals surface area contributed by atoms with Crippen molar-refractivity contribution in [2.24, 2.45) is 0 Å². The van der Waals surface area contributed by atoms with Crippen molar-refractivity contribution in [1.82, 2.24) is 10.9 Å². The van der Waals surface area contributed by atoms with Crippen molar-refractivity contribution in [3.8, 4) is 0 Å². The van der Waals surface area contributed by atoms with Gasteiger partial charge in [-0.1, -0.05) is 28.1 Å². The van der Waals surface area contributed by atoms with E-state index in [1.807, 2.05) is 25.1 Å². The van der Waals surface area contributed by atoms with Crippen LogP contribution in [0.2, 0.25) is 0 Å². The van der Waals surface area contributed by atoms with Crippen molar-refractivity contribution in [3.63, 3.8) is 0 Å². The molecule has 0 unspecified atom stereocenters. The van der Waals surface area contributed by atoms with Gasteiger partial charge in [0.25, 0.3) is 11.8 Å². The molecule has 0 aliphatic carbocycles. The van der Waals surface area contributed by atoms with E-state index in [2.05, 4.69) is 32.1 Å². The quantitative estimate of drug-likeness (QED) is 0.432. The number of aryl methyl sites for hydroxylation is 1. The summed E-state index contributed by atoms with van der Waals surface area (Å²) < 4.78 is 5.61. The molecule has 2 rings (SSSR count). The molecule has 0 bridgehead atoms. The summed E-state index contributed by atoms with van der Waals surface area (Å²) >= 11 is 3.26. The van der Waals surface area contributed by atoms with Gasteiger partial charge in [0, 0.05) is 22.1 Å². The van der Waals surface area contributed by atoms with Crippen LogP contribution in [0, 0.1) is 6.92 Å². The Balaban J connectivity index is 1.64. The molecule has 0 radical (unpaired) electrons. The lowest BCUT2D eigenvalue weighted by molar-refractivity contribution is -0.149. The van der Waals surface area contributed by atoms with E-state index < -0.39 is 24.4 Å². The number of ether oxygens (including phenoxy) is 1. The third kappa shape index (κ3) is 8.14. The first kappa shape index (κ1) is 22.1. The molecule has 2 aromatic carbocycles. The zero-order valence-electron chi connectivity index (χ0n) is 15.7. The van der Waals surface area contributed by atoms with E-state index in [-0.39, 0.29) is 18.7 Å². The fourth-order valence-electron chi connectivity index (χ4n) is 2.22. The first-order valence-corrected chi connectivity index (χ1v) is 9.49. The second-order valence-corrected chi connectivity index (χ2v) is 7.00. The Hall–Kier alpha value is -3.20. The number of hydrazine groups is 1. The molecule has 2 aromatic rings. The summed E-state index contributed by atoms with van der Waals surface area (Å²) in [5, 5.41) is 2.68. The molecule has 0 aliphatic heterocycles. The van der Waals surface area contributed by atoms with Crippen molar-refractivity contribution >= 4 is 45.3 Å². The van der Waals surface area contributed by atoms with Crippen LogP contribution in [-0.4, -0.2) is 30.3 Å². The van der Waals surface area contributed by atoms with Crippen LogP contribution in [0.15, 0.2) is 53.0 Å². The maximum Gasteiger partial charge on any atom is 0.306 e. The SMILES string of the molecule is Cc1cccc(NC(=O)CCC(=O)OCC(=O)NNC(=O)c2ccc(Br)cc2)c1. The van der Waals surface area contributed by atoms with Crippen molar-refractivity contribution in [2.45, 2.75) is 19.8 Å². The molecule has 0 aliphatic rings. The minimum atomic E-state index is -0.701. The number of esters is 1. The zero-order valence-corrected chi connectivity index (χ0v) is 17.2. The third-order valence-corrected chi connectivity index (χ3v) is 4.17.